The van der Waals surface area contributed by atoms with Gasteiger partial charge in [-0.1, -0.05) is 26.8 Å². The van der Waals surface area contributed by atoms with Gasteiger partial charge in [-0.15, -0.1) is 0 Å². The van der Waals surface area contributed by atoms with Gasteiger partial charge in [0.25, 0.3) is 0 Å². The lowest BCUT2D eigenvalue weighted by molar-refractivity contribution is -0.247. The van der Waals surface area contributed by atoms with Gasteiger partial charge in [0.05, 0.1) is 12.5 Å². The minimum absolute atomic E-state index is 0.0598. The summed E-state index contributed by atoms with van der Waals surface area (Å²) in [6.07, 6.45) is 4.12. The van der Waals surface area contributed by atoms with Crippen LogP contribution in [0.1, 0.15) is 66.1 Å². The van der Waals surface area contributed by atoms with Crippen LogP contribution in [0.2, 0.25) is 0 Å². The fourth-order valence-electron chi connectivity index (χ4n) is 8.98. The summed E-state index contributed by atoms with van der Waals surface area (Å²) in [6.45, 7) is 10.8. The van der Waals surface area contributed by atoms with E-state index in [-0.39, 0.29) is 18.1 Å². The van der Waals surface area contributed by atoms with Crippen molar-refractivity contribution < 1.29 is 42.5 Å². The maximum Gasteiger partial charge on any atom is 0.339 e. The van der Waals surface area contributed by atoms with E-state index in [9.17, 15) is 19.2 Å². The second-order valence-electron chi connectivity index (χ2n) is 12.5. The SMILES string of the molecule is CC(=O)O[C@@H]1C[C@H]2C(C)(C)OC(=O)C=C[C@]2(C)C2C(=O)C[C@@]3(C)[C@H](c4ccoc4)OC(=O)[C@H]4O[C@]43[C@@]21C. The third-order valence-electron chi connectivity index (χ3n) is 10.2. The lowest BCUT2D eigenvalue weighted by Crippen LogP contribution is -2.74. The number of rotatable bonds is 2. The van der Waals surface area contributed by atoms with Crippen molar-refractivity contribution in [2.45, 2.75) is 83.9 Å². The first kappa shape index (κ1) is 24.4. The van der Waals surface area contributed by atoms with E-state index < -0.39 is 69.6 Å². The van der Waals surface area contributed by atoms with Crippen molar-refractivity contribution in [1.82, 2.24) is 0 Å². The molecule has 1 spiro atoms. The summed E-state index contributed by atoms with van der Waals surface area (Å²) in [5.41, 5.74) is -4.33. The number of carbonyl (C=O) groups is 4. The van der Waals surface area contributed by atoms with E-state index in [0.717, 1.165) is 0 Å². The van der Waals surface area contributed by atoms with E-state index in [2.05, 4.69) is 0 Å². The minimum Gasteiger partial charge on any atom is -0.472 e. The second kappa shape index (κ2) is 7.12. The zero-order chi connectivity index (χ0) is 26.8. The highest BCUT2D eigenvalue weighted by atomic mass is 16.7. The molecule has 198 valence electrons. The van der Waals surface area contributed by atoms with Gasteiger partial charge in [-0.05, 0) is 26.3 Å². The zero-order valence-electron chi connectivity index (χ0n) is 21.9. The molecule has 2 saturated carbocycles. The van der Waals surface area contributed by atoms with Crippen LogP contribution in [0, 0.1) is 28.1 Å². The number of ketones is 1. The van der Waals surface area contributed by atoms with Crippen molar-refractivity contribution in [2.24, 2.45) is 28.1 Å². The van der Waals surface area contributed by atoms with E-state index in [1.807, 2.05) is 34.6 Å². The molecule has 2 aliphatic carbocycles. The van der Waals surface area contributed by atoms with Gasteiger partial charge < -0.3 is 23.4 Å². The summed E-state index contributed by atoms with van der Waals surface area (Å²) in [5, 5.41) is 0. The van der Waals surface area contributed by atoms with Gasteiger partial charge in [0.1, 0.15) is 29.2 Å². The molecular formula is C28H32O9. The summed E-state index contributed by atoms with van der Waals surface area (Å²) < 4.78 is 29.4. The van der Waals surface area contributed by atoms with Crippen LogP contribution in [0.4, 0.5) is 0 Å². The molecule has 1 aromatic rings. The van der Waals surface area contributed by atoms with Crippen molar-refractivity contribution in [3.05, 3.63) is 36.3 Å². The Morgan fingerprint density at radius 1 is 1.08 bits per heavy atom. The molecule has 1 aromatic heterocycles. The summed E-state index contributed by atoms with van der Waals surface area (Å²) >= 11 is 0. The number of furan rings is 1. The number of epoxide rings is 1. The standard InChI is InChI=1S/C28H32O9/c1-14(29)34-18-11-17-24(2,3)36-19(31)7-9-25(17,4)20-16(30)12-26(5)21(15-8-10-33-13-15)35-23(32)22-28(26,37-22)27(18,20)6/h7-10,13,17-18,20-22H,11-12H2,1-6H3/t17-,18+,20?,21-,22+,25-,26-,27+,28+/m0/s1. The summed E-state index contributed by atoms with van der Waals surface area (Å²) in [4.78, 5) is 52.7. The van der Waals surface area contributed by atoms with Crippen LogP contribution in [-0.4, -0.2) is 47.1 Å². The molecule has 6 rings (SSSR count). The molecule has 1 unspecified atom stereocenters. The second-order valence-corrected chi connectivity index (χ2v) is 12.5. The van der Waals surface area contributed by atoms with Crippen molar-refractivity contribution in [3.63, 3.8) is 0 Å². The first-order valence-electron chi connectivity index (χ1n) is 12.7. The molecular weight excluding hydrogens is 480 g/mol. The molecule has 9 heteroatoms. The summed E-state index contributed by atoms with van der Waals surface area (Å²) in [7, 11) is 0. The number of hydrogen-bond donors (Lipinski definition) is 0. The monoisotopic (exact) mass is 512 g/mol. The van der Waals surface area contributed by atoms with E-state index >= 15 is 0 Å². The number of ether oxygens (including phenoxy) is 4. The fraction of sp³-hybridized carbons (Fsp3) is 0.643. The van der Waals surface area contributed by atoms with Crippen LogP contribution >= 0.6 is 0 Å². The molecule has 0 aromatic carbocycles. The fourth-order valence-corrected chi connectivity index (χ4v) is 8.98. The normalized spacial score (nSPS) is 47.3. The van der Waals surface area contributed by atoms with Crippen LogP contribution in [-0.2, 0) is 38.1 Å². The molecule has 0 amide bonds. The first-order chi connectivity index (χ1) is 17.2. The number of cyclic esters (lactones) is 2. The Bertz CT molecular complexity index is 1250. The Morgan fingerprint density at radius 2 is 1.81 bits per heavy atom. The smallest absolute Gasteiger partial charge is 0.339 e. The summed E-state index contributed by atoms with van der Waals surface area (Å²) in [5.74, 6) is -2.61. The van der Waals surface area contributed by atoms with Crippen molar-refractivity contribution in [2.75, 3.05) is 0 Å². The average molecular weight is 513 g/mol. The van der Waals surface area contributed by atoms with E-state index in [4.69, 9.17) is 23.4 Å². The molecule has 37 heavy (non-hydrogen) atoms. The molecule has 9 nitrogen and oxygen atoms in total. The van der Waals surface area contributed by atoms with Crippen molar-refractivity contribution in [3.8, 4) is 0 Å². The molecule has 0 bridgehead atoms. The Hall–Kier alpha value is -2.94. The van der Waals surface area contributed by atoms with Gasteiger partial charge in [0, 0.05) is 53.1 Å². The Balaban J connectivity index is 1.60. The molecule has 0 radical (unpaired) electrons. The topological polar surface area (TPSA) is 122 Å². The molecule has 9 atom stereocenters. The van der Waals surface area contributed by atoms with Gasteiger partial charge in [0.2, 0.25) is 0 Å². The third-order valence-corrected chi connectivity index (χ3v) is 10.2. The lowest BCUT2D eigenvalue weighted by atomic mass is 9.37. The third kappa shape index (κ3) is 2.78. The number of carbonyl (C=O) groups excluding carboxylic acids is 4. The van der Waals surface area contributed by atoms with Crippen LogP contribution in [0.3, 0.4) is 0 Å². The van der Waals surface area contributed by atoms with Crippen LogP contribution < -0.4 is 0 Å². The molecule has 5 aliphatic rings. The maximum atomic E-state index is 14.4. The van der Waals surface area contributed by atoms with Crippen LogP contribution in [0.25, 0.3) is 0 Å². The van der Waals surface area contributed by atoms with Crippen molar-refractivity contribution >= 4 is 23.7 Å². The predicted molar refractivity (Wildman–Crippen MR) is 126 cm³/mol. The molecule has 4 heterocycles. The highest BCUT2D eigenvalue weighted by Crippen LogP contribution is 2.78. The number of allylic oxidation sites excluding steroid dienone is 1. The van der Waals surface area contributed by atoms with E-state index in [1.54, 1.807) is 12.1 Å². The van der Waals surface area contributed by atoms with Crippen molar-refractivity contribution in [1.29, 1.82) is 0 Å². The first-order valence-corrected chi connectivity index (χ1v) is 12.7. The molecule has 4 fully saturated rings. The molecule has 0 N–H and O–H groups in total. The average Bonchev–Trinajstić information content (AvgIpc) is 3.38. The van der Waals surface area contributed by atoms with Gasteiger partial charge >= 0.3 is 17.9 Å². The minimum atomic E-state index is -1.14. The largest absolute Gasteiger partial charge is 0.472 e. The number of Topliss-reactive ketones (excluding diaryl/α,β-unsaturated/α-hetero) is 1. The predicted octanol–water partition coefficient (Wildman–Crippen LogP) is 3.47. The Morgan fingerprint density at radius 3 is 2.46 bits per heavy atom. The van der Waals surface area contributed by atoms with Gasteiger partial charge in [-0.25, -0.2) is 9.59 Å². The van der Waals surface area contributed by atoms with E-state index in [0.29, 0.717) is 12.0 Å². The lowest BCUT2D eigenvalue weighted by Gasteiger charge is -2.66. The summed E-state index contributed by atoms with van der Waals surface area (Å²) in [6, 6.07) is 1.72. The number of fused-ring (bicyclic) bond motifs is 3. The Kier molecular flexibility index (Phi) is 4.70. The highest BCUT2D eigenvalue weighted by Gasteiger charge is 2.90. The molecule has 3 aliphatic heterocycles. The zero-order valence-corrected chi connectivity index (χ0v) is 21.9. The number of hydrogen-bond acceptors (Lipinski definition) is 9. The Labute approximate surface area is 214 Å². The molecule has 2 saturated heterocycles. The van der Waals surface area contributed by atoms with Gasteiger partial charge in [0.15, 0.2) is 6.10 Å². The quantitative estimate of drug-likeness (QED) is 0.333. The highest BCUT2D eigenvalue weighted by molar-refractivity contribution is 5.91. The number of esters is 3. The maximum absolute atomic E-state index is 14.4. The van der Waals surface area contributed by atoms with Crippen LogP contribution in [0.5, 0.6) is 0 Å². The van der Waals surface area contributed by atoms with Gasteiger partial charge in [-0.2, -0.15) is 0 Å². The van der Waals surface area contributed by atoms with Gasteiger partial charge in [-0.3, -0.25) is 9.59 Å². The van der Waals surface area contributed by atoms with Crippen LogP contribution in [0.15, 0.2) is 35.2 Å². The van der Waals surface area contributed by atoms with E-state index in [1.165, 1.54) is 25.5 Å².